The average molecular weight is 436 g/mol. The molecule has 0 saturated heterocycles. The molecule has 0 radical (unpaired) electrons. The van der Waals surface area contributed by atoms with Crippen LogP contribution in [0.2, 0.25) is 0 Å². The molecule has 0 amide bonds. The van der Waals surface area contributed by atoms with Gasteiger partial charge in [-0.1, -0.05) is 12.1 Å². The van der Waals surface area contributed by atoms with E-state index in [1.165, 1.54) is 22.8 Å². The molecule has 3 aromatic rings. The number of aromatic carboxylic acids is 1. The van der Waals surface area contributed by atoms with E-state index in [9.17, 15) is 14.4 Å². The zero-order chi connectivity index (χ0) is 17.4. The van der Waals surface area contributed by atoms with E-state index in [2.05, 4.69) is 22.6 Å². The second-order valence-corrected chi connectivity index (χ2v) is 6.64. The number of benzene rings is 2. The topological polar surface area (TPSA) is 81.3 Å². The fraction of sp³-hybridized carbons (Fsp3) is 0.118. The summed E-state index contributed by atoms with van der Waals surface area (Å²) in [6, 6.07) is 11.7. The van der Waals surface area contributed by atoms with Gasteiger partial charge in [0.1, 0.15) is 0 Å². The van der Waals surface area contributed by atoms with Crippen LogP contribution in [0.1, 0.15) is 15.9 Å². The van der Waals surface area contributed by atoms with Gasteiger partial charge in [0.25, 0.3) is 5.56 Å². The second kappa shape index (κ2) is 6.23. The van der Waals surface area contributed by atoms with Crippen LogP contribution in [0.4, 0.5) is 0 Å². The van der Waals surface area contributed by atoms with Crippen molar-refractivity contribution in [2.45, 2.75) is 6.54 Å². The van der Waals surface area contributed by atoms with Crippen LogP contribution in [-0.4, -0.2) is 20.2 Å². The van der Waals surface area contributed by atoms with Gasteiger partial charge in [-0.05, 0) is 58.5 Å². The monoisotopic (exact) mass is 436 g/mol. The lowest BCUT2D eigenvalue weighted by Gasteiger charge is -2.11. The molecule has 0 fully saturated rings. The smallest absolute Gasteiger partial charge is 0.335 e. The van der Waals surface area contributed by atoms with E-state index >= 15 is 0 Å². The Hall–Kier alpha value is -2.42. The van der Waals surface area contributed by atoms with Gasteiger partial charge in [-0.2, -0.15) is 0 Å². The Balaban J connectivity index is 2.24. The largest absolute Gasteiger partial charge is 0.478 e. The highest BCUT2D eigenvalue weighted by Crippen LogP contribution is 2.12. The standard InChI is InChI=1S/C17H13IN2O4/c1-19-14-7-4-11(16(22)23)8-13(14)15(21)20(17(19)24)9-10-2-5-12(18)6-3-10/h2-8H,9H2,1H3,(H,22,23). The summed E-state index contributed by atoms with van der Waals surface area (Å²) in [6.07, 6.45) is 0. The minimum atomic E-state index is -1.12. The van der Waals surface area contributed by atoms with E-state index in [4.69, 9.17) is 5.11 Å². The van der Waals surface area contributed by atoms with E-state index in [1.54, 1.807) is 7.05 Å². The highest BCUT2D eigenvalue weighted by molar-refractivity contribution is 14.1. The van der Waals surface area contributed by atoms with Crippen LogP contribution in [0.25, 0.3) is 10.9 Å². The molecular weight excluding hydrogens is 423 g/mol. The first-order valence-electron chi connectivity index (χ1n) is 7.10. The van der Waals surface area contributed by atoms with Gasteiger partial charge in [-0.15, -0.1) is 0 Å². The molecular formula is C17H13IN2O4. The van der Waals surface area contributed by atoms with Crippen LogP contribution in [0.15, 0.2) is 52.1 Å². The Morgan fingerprint density at radius 2 is 1.79 bits per heavy atom. The number of fused-ring (bicyclic) bond motifs is 1. The van der Waals surface area contributed by atoms with Crippen LogP contribution in [0.5, 0.6) is 0 Å². The lowest BCUT2D eigenvalue weighted by molar-refractivity contribution is 0.0697. The van der Waals surface area contributed by atoms with Gasteiger partial charge in [0.2, 0.25) is 0 Å². The van der Waals surface area contributed by atoms with Crippen molar-refractivity contribution in [1.29, 1.82) is 0 Å². The van der Waals surface area contributed by atoms with Crippen molar-refractivity contribution in [2.75, 3.05) is 0 Å². The Morgan fingerprint density at radius 3 is 2.42 bits per heavy atom. The molecule has 2 aromatic carbocycles. The normalized spacial score (nSPS) is 10.9. The number of carbonyl (C=O) groups is 1. The molecule has 0 atom stereocenters. The molecule has 7 heteroatoms. The highest BCUT2D eigenvalue weighted by atomic mass is 127. The minimum absolute atomic E-state index is 0.0130. The number of rotatable bonds is 3. The van der Waals surface area contributed by atoms with E-state index in [1.807, 2.05) is 24.3 Å². The quantitative estimate of drug-likeness (QED) is 0.638. The second-order valence-electron chi connectivity index (χ2n) is 5.40. The molecule has 122 valence electrons. The zero-order valence-electron chi connectivity index (χ0n) is 12.7. The summed E-state index contributed by atoms with van der Waals surface area (Å²) < 4.78 is 3.53. The van der Waals surface area contributed by atoms with Crippen LogP contribution >= 0.6 is 22.6 Å². The molecule has 0 bridgehead atoms. The Morgan fingerprint density at radius 1 is 1.12 bits per heavy atom. The van der Waals surface area contributed by atoms with E-state index in [-0.39, 0.29) is 17.5 Å². The highest BCUT2D eigenvalue weighted by Gasteiger charge is 2.13. The first-order chi connectivity index (χ1) is 11.4. The maximum atomic E-state index is 12.7. The van der Waals surface area contributed by atoms with Crippen LogP contribution in [0, 0.1) is 3.57 Å². The molecule has 0 saturated carbocycles. The summed E-state index contributed by atoms with van der Waals surface area (Å²) in [4.78, 5) is 36.3. The fourth-order valence-electron chi connectivity index (χ4n) is 2.56. The number of carboxylic acid groups (broad SMARTS) is 1. The summed E-state index contributed by atoms with van der Waals surface area (Å²) >= 11 is 2.18. The van der Waals surface area contributed by atoms with Gasteiger partial charge in [0.15, 0.2) is 0 Å². The lowest BCUT2D eigenvalue weighted by Crippen LogP contribution is -2.39. The number of halogens is 1. The zero-order valence-corrected chi connectivity index (χ0v) is 14.9. The number of hydrogen-bond donors (Lipinski definition) is 1. The lowest BCUT2D eigenvalue weighted by atomic mass is 10.1. The Bertz CT molecular complexity index is 1060. The first kappa shape index (κ1) is 16.4. The van der Waals surface area contributed by atoms with E-state index in [0.29, 0.717) is 5.52 Å². The SMILES string of the molecule is Cn1c(=O)n(Cc2ccc(I)cc2)c(=O)c2cc(C(=O)O)ccc21. The van der Waals surface area contributed by atoms with Crippen molar-refractivity contribution in [3.8, 4) is 0 Å². The van der Waals surface area contributed by atoms with Crippen LogP contribution < -0.4 is 11.2 Å². The summed E-state index contributed by atoms with van der Waals surface area (Å²) in [5, 5.41) is 9.32. The molecule has 24 heavy (non-hydrogen) atoms. The third-order valence-corrected chi connectivity index (χ3v) is 4.57. The van der Waals surface area contributed by atoms with Gasteiger partial charge in [0, 0.05) is 10.6 Å². The minimum Gasteiger partial charge on any atom is -0.478 e. The van der Waals surface area contributed by atoms with Crippen molar-refractivity contribution >= 4 is 39.5 Å². The maximum Gasteiger partial charge on any atom is 0.335 e. The molecule has 6 nitrogen and oxygen atoms in total. The molecule has 0 unspecified atom stereocenters. The van der Waals surface area contributed by atoms with Crippen molar-refractivity contribution in [3.63, 3.8) is 0 Å². The summed E-state index contributed by atoms with van der Waals surface area (Å²) in [5.41, 5.74) is 0.320. The number of aryl methyl sites for hydroxylation is 1. The predicted molar refractivity (Wildman–Crippen MR) is 98.7 cm³/mol. The molecule has 0 aliphatic carbocycles. The Labute approximate surface area is 150 Å². The number of nitrogens with zero attached hydrogens (tertiary/aromatic N) is 2. The maximum absolute atomic E-state index is 12.7. The molecule has 1 aromatic heterocycles. The fourth-order valence-corrected chi connectivity index (χ4v) is 2.92. The average Bonchev–Trinajstić information content (AvgIpc) is 2.58. The van der Waals surface area contributed by atoms with Gasteiger partial charge >= 0.3 is 11.7 Å². The number of aromatic nitrogens is 2. The van der Waals surface area contributed by atoms with E-state index < -0.39 is 17.2 Å². The molecule has 0 aliphatic heterocycles. The van der Waals surface area contributed by atoms with E-state index in [0.717, 1.165) is 13.7 Å². The molecule has 3 rings (SSSR count). The number of carboxylic acids is 1. The van der Waals surface area contributed by atoms with Crippen molar-refractivity contribution in [3.05, 3.63) is 78.0 Å². The third kappa shape index (κ3) is 2.86. The van der Waals surface area contributed by atoms with Crippen LogP contribution in [-0.2, 0) is 13.6 Å². The van der Waals surface area contributed by atoms with Crippen molar-refractivity contribution in [2.24, 2.45) is 7.05 Å². The third-order valence-electron chi connectivity index (χ3n) is 3.85. The van der Waals surface area contributed by atoms with Gasteiger partial charge < -0.3 is 5.11 Å². The molecule has 0 spiro atoms. The van der Waals surface area contributed by atoms with Gasteiger partial charge in [0.05, 0.1) is 23.0 Å². The van der Waals surface area contributed by atoms with Crippen molar-refractivity contribution in [1.82, 2.24) is 9.13 Å². The number of hydrogen-bond acceptors (Lipinski definition) is 3. The predicted octanol–water partition coefficient (Wildman–Crippen LogP) is 2.05. The molecule has 0 aliphatic rings. The Kier molecular flexibility index (Phi) is 4.27. The molecule has 1 heterocycles. The summed E-state index contributed by atoms with van der Waals surface area (Å²) in [5.74, 6) is -1.12. The van der Waals surface area contributed by atoms with Crippen LogP contribution in [0.3, 0.4) is 0 Å². The van der Waals surface area contributed by atoms with Crippen molar-refractivity contribution < 1.29 is 9.90 Å². The summed E-state index contributed by atoms with van der Waals surface area (Å²) in [7, 11) is 1.56. The van der Waals surface area contributed by atoms with Gasteiger partial charge in [-0.3, -0.25) is 13.9 Å². The first-order valence-corrected chi connectivity index (χ1v) is 8.17. The summed E-state index contributed by atoms with van der Waals surface area (Å²) in [6.45, 7) is 0.135. The van der Waals surface area contributed by atoms with Gasteiger partial charge in [-0.25, -0.2) is 9.59 Å². The molecule has 1 N–H and O–H groups in total.